The van der Waals surface area contributed by atoms with E-state index in [1.54, 1.807) is 0 Å². The molecule has 0 bridgehead atoms. The molecule has 0 saturated heterocycles. The van der Waals surface area contributed by atoms with Gasteiger partial charge in [-0.15, -0.1) is 0 Å². The lowest BCUT2D eigenvalue weighted by Crippen LogP contribution is -1.93. The van der Waals surface area contributed by atoms with Crippen LogP contribution in [0.3, 0.4) is 0 Å². The van der Waals surface area contributed by atoms with Gasteiger partial charge in [-0.05, 0) is 91.3 Å². The molecule has 2 nitrogen and oxygen atoms in total. The van der Waals surface area contributed by atoms with Gasteiger partial charge in [0.05, 0.1) is 23.3 Å². The summed E-state index contributed by atoms with van der Waals surface area (Å²) in [6.07, 6.45) is 3.77. The van der Waals surface area contributed by atoms with Crippen LogP contribution in [-0.2, 0) is 0 Å². The summed E-state index contributed by atoms with van der Waals surface area (Å²) in [5.74, 6) is 0. The second kappa shape index (κ2) is 8.55. The van der Waals surface area contributed by atoms with Gasteiger partial charge in [0.25, 0.3) is 0 Å². The van der Waals surface area contributed by atoms with Crippen molar-refractivity contribution in [1.82, 2.24) is 0 Å². The van der Waals surface area contributed by atoms with Crippen molar-refractivity contribution in [2.75, 3.05) is 0 Å². The highest BCUT2D eigenvalue weighted by Gasteiger charge is 2.16. The molecule has 0 amide bonds. The van der Waals surface area contributed by atoms with Crippen molar-refractivity contribution in [2.45, 2.75) is 0 Å². The lowest BCUT2D eigenvalue weighted by Gasteiger charge is -2.18. The maximum Gasteiger partial charge on any atom is 0.0991 e. The first kappa shape index (κ1) is 21.0. The molecule has 0 aliphatic heterocycles. The molecule has 0 atom stereocenters. The van der Waals surface area contributed by atoms with Crippen molar-refractivity contribution in [1.29, 1.82) is 10.5 Å². The fourth-order valence-electron chi connectivity index (χ4n) is 4.65. The fourth-order valence-corrected chi connectivity index (χ4v) is 4.65. The van der Waals surface area contributed by atoms with E-state index in [4.69, 9.17) is 0 Å². The number of nitrogens with zero attached hydrogens (tertiary/aromatic N) is 2. The van der Waals surface area contributed by atoms with Crippen LogP contribution in [0.4, 0.5) is 0 Å². The Morgan fingerprint density at radius 2 is 1.03 bits per heavy atom. The van der Waals surface area contributed by atoms with Gasteiger partial charge in [0.15, 0.2) is 0 Å². The topological polar surface area (TPSA) is 47.6 Å². The summed E-state index contributed by atoms with van der Waals surface area (Å²) in [7, 11) is 0. The second-order valence-corrected chi connectivity index (χ2v) is 8.10. The number of hydrogen-bond acceptors (Lipinski definition) is 2. The lowest BCUT2D eigenvalue weighted by molar-refractivity contribution is 1.48. The average Bonchev–Trinajstić information content (AvgIpc) is 2.91. The van der Waals surface area contributed by atoms with E-state index in [0.29, 0.717) is 11.1 Å². The third kappa shape index (κ3) is 3.36. The first-order valence-electron chi connectivity index (χ1n) is 11.0. The summed E-state index contributed by atoms with van der Waals surface area (Å²) in [5.41, 5.74) is 7.55. The number of benzene rings is 5. The van der Waals surface area contributed by atoms with Crippen molar-refractivity contribution >= 4 is 33.7 Å². The Balaban J connectivity index is 1.89. The SMILES string of the molecule is C=Cc1c(-c2ccc(C#N)cc2)cc2c(cc(-c3ccc(C#N)cc3)c3ccccc32)c1C=C. The molecule has 0 saturated carbocycles. The fraction of sp³-hybridized carbons (Fsp3) is 0. The van der Waals surface area contributed by atoms with Gasteiger partial charge in [0, 0.05) is 0 Å². The number of nitriles is 2. The van der Waals surface area contributed by atoms with Crippen LogP contribution in [0.25, 0.3) is 56.0 Å². The first-order valence-corrected chi connectivity index (χ1v) is 11.0. The Hall–Kier alpha value is -4.92. The minimum absolute atomic E-state index is 0.631. The molecule has 0 fully saturated rings. The number of hydrogen-bond donors (Lipinski definition) is 0. The molecular formula is C32H20N2. The van der Waals surface area contributed by atoms with Crippen LogP contribution >= 0.6 is 0 Å². The molecule has 0 heterocycles. The zero-order valence-electron chi connectivity index (χ0n) is 18.5. The Labute approximate surface area is 199 Å². The molecule has 0 radical (unpaired) electrons. The van der Waals surface area contributed by atoms with Crippen molar-refractivity contribution in [2.24, 2.45) is 0 Å². The predicted octanol–water partition coefficient (Wildman–Crippen LogP) is 8.36. The summed E-state index contributed by atoms with van der Waals surface area (Å²) in [4.78, 5) is 0. The zero-order valence-corrected chi connectivity index (χ0v) is 18.5. The third-order valence-electron chi connectivity index (χ3n) is 6.30. The quantitative estimate of drug-likeness (QED) is 0.268. The molecule has 5 aromatic carbocycles. The average molecular weight is 433 g/mol. The van der Waals surface area contributed by atoms with Crippen molar-refractivity contribution in [3.05, 3.63) is 120 Å². The van der Waals surface area contributed by atoms with Gasteiger partial charge in [0.2, 0.25) is 0 Å². The normalized spacial score (nSPS) is 10.5. The molecule has 0 aliphatic carbocycles. The van der Waals surface area contributed by atoms with Crippen molar-refractivity contribution in [3.63, 3.8) is 0 Å². The Morgan fingerprint density at radius 3 is 1.56 bits per heavy atom. The van der Waals surface area contributed by atoms with Crippen LogP contribution in [-0.4, -0.2) is 0 Å². The van der Waals surface area contributed by atoms with Crippen LogP contribution in [0.15, 0.2) is 98.1 Å². The molecule has 5 rings (SSSR count). The van der Waals surface area contributed by atoms with E-state index in [2.05, 4.69) is 61.7 Å². The van der Waals surface area contributed by atoms with E-state index >= 15 is 0 Å². The first-order chi connectivity index (χ1) is 16.7. The molecule has 0 N–H and O–H groups in total. The Kier molecular flexibility index (Phi) is 5.27. The van der Waals surface area contributed by atoms with Crippen LogP contribution in [0.5, 0.6) is 0 Å². The predicted molar refractivity (Wildman–Crippen MR) is 142 cm³/mol. The standard InChI is InChI=1S/C32H20N2/c1-3-25-26(4-2)31-18-30(24-15-11-22(20-34)12-16-24)27-7-5-6-8-28(27)32(31)17-29(25)23-13-9-21(19-33)10-14-23/h3-18H,1-2H2. The van der Waals surface area contributed by atoms with Gasteiger partial charge in [-0.25, -0.2) is 0 Å². The van der Waals surface area contributed by atoms with Gasteiger partial charge in [0.1, 0.15) is 0 Å². The molecular weight excluding hydrogens is 412 g/mol. The van der Waals surface area contributed by atoms with Gasteiger partial charge in [-0.2, -0.15) is 10.5 Å². The number of rotatable bonds is 4. The Bertz CT molecular complexity index is 1670. The van der Waals surface area contributed by atoms with E-state index < -0.39 is 0 Å². The largest absolute Gasteiger partial charge is 0.192 e. The van der Waals surface area contributed by atoms with E-state index in [1.165, 1.54) is 0 Å². The van der Waals surface area contributed by atoms with Crippen LogP contribution in [0.1, 0.15) is 22.3 Å². The number of fused-ring (bicyclic) bond motifs is 3. The van der Waals surface area contributed by atoms with E-state index in [1.807, 2.05) is 60.7 Å². The van der Waals surface area contributed by atoms with Gasteiger partial charge >= 0.3 is 0 Å². The summed E-state index contributed by atoms with van der Waals surface area (Å²) in [6.45, 7) is 8.23. The van der Waals surface area contributed by atoms with E-state index in [-0.39, 0.29) is 0 Å². The van der Waals surface area contributed by atoms with Crippen molar-refractivity contribution < 1.29 is 0 Å². The zero-order chi connectivity index (χ0) is 23.7. The smallest absolute Gasteiger partial charge is 0.0991 e. The summed E-state index contributed by atoms with van der Waals surface area (Å²) < 4.78 is 0. The van der Waals surface area contributed by atoms with Crippen LogP contribution < -0.4 is 0 Å². The summed E-state index contributed by atoms with van der Waals surface area (Å²) in [6, 6.07) is 32.5. The highest BCUT2D eigenvalue weighted by molar-refractivity contribution is 6.17. The minimum atomic E-state index is 0.631. The highest BCUT2D eigenvalue weighted by Crippen LogP contribution is 2.41. The summed E-state index contributed by atoms with van der Waals surface area (Å²) >= 11 is 0. The molecule has 2 heteroatoms. The minimum Gasteiger partial charge on any atom is -0.192 e. The highest BCUT2D eigenvalue weighted by atomic mass is 14.2. The van der Waals surface area contributed by atoms with Gasteiger partial charge in [-0.3, -0.25) is 0 Å². The van der Waals surface area contributed by atoms with E-state index in [0.717, 1.165) is 54.9 Å². The monoisotopic (exact) mass is 432 g/mol. The van der Waals surface area contributed by atoms with Crippen molar-refractivity contribution in [3.8, 4) is 34.4 Å². The maximum atomic E-state index is 9.20. The molecule has 0 unspecified atom stereocenters. The third-order valence-corrected chi connectivity index (χ3v) is 6.30. The van der Waals surface area contributed by atoms with E-state index in [9.17, 15) is 10.5 Å². The van der Waals surface area contributed by atoms with Crippen LogP contribution in [0, 0.1) is 22.7 Å². The van der Waals surface area contributed by atoms with Gasteiger partial charge in [-0.1, -0.05) is 73.8 Å². The maximum absolute atomic E-state index is 9.20. The second-order valence-electron chi connectivity index (χ2n) is 8.10. The molecule has 5 aromatic rings. The lowest BCUT2D eigenvalue weighted by atomic mass is 9.85. The molecule has 0 aromatic heterocycles. The summed E-state index contributed by atoms with van der Waals surface area (Å²) in [5, 5.41) is 22.9. The molecule has 34 heavy (non-hydrogen) atoms. The molecule has 0 aliphatic rings. The molecule has 158 valence electrons. The molecule has 0 spiro atoms. The Morgan fingerprint density at radius 1 is 0.529 bits per heavy atom. The van der Waals surface area contributed by atoms with Crippen LogP contribution in [0.2, 0.25) is 0 Å². The van der Waals surface area contributed by atoms with Gasteiger partial charge < -0.3 is 0 Å².